The Morgan fingerprint density at radius 1 is 1.03 bits per heavy atom. The Bertz CT molecular complexity index is 1190. The molecule has 0 saturated heterocycles. The van der Waals surface area contributed by atoms with Crippen molar-refractivity contribution in [1.29, 1.82) is 0 Å². The number of para-hydroxylation sites is 1. The second-order valence-corrected chi connectivity index (χ2v) is 9.93. The molecule has 1 aromatic heterocycles. The number of fused-ring (bicyclic) bond motifs is 3. The van der Waals surface area contributed by atoms with Gasteiger partial charge in [0.2, 0.25) is 5.91 Å². The molecule has 3 aromatic rings. The average Bonchev–Trinajstić information content (AvgIpc) is 2.98. The van der Waals surface area contributed by atoms with Crippen LogP contribution in [0.2, 0.25) is 0 Å². The van der Waals surface area contributed by atoms with Gasteiger partial charge in [0.05, 0.1) is 6.54 Å². The number of hydrogen-bond donors (Lipinski definition) is 1. The number of benzene rings is 2. The van der Waals surface area contributed by atoms with E-state index in [1.165, 1.54) is 12.8 Å². The molecular formula is C28H33N3O2. The van der Waals surface area contributed by atoms with E-state index in [1.54, 1.807) is 4.90 Å². The first-order valence-corrected chi connectivity index (χ1v) is 12.2. The van der Waals surface area contributed by atoms with Crippen LogP contribution in [-0.4, -0.2) is 32.9 Å². The van der Waals surface area contributed by atoms with Gasteiger partial charge in [0.1, 0.15) is 11.2 Å². The van der Waals surface area contributed by atoms with E-state index in [0.717, 1.165) is 47.7 Å². The van der Waals surface area contributed by atoms with Crippen molar-refractivity contribution in [2.24, 2.45) is 0 Å². The number of amides is 2. The van der Waals surface area contributed by atoms with Crippen LogP contribution in [0, 0.1) is 6.92 Å². The molecule has 1 aliphatic carbocycles. The summed E-state index contributed by atoms with van der Waals surface area (Å²) < 4.78 is 2.04. The smallest absolute Gasteiger partial charge is 0.271 e. The molecule has 2 heterocycles. The van der Waals surface area contributed by atoms with E-state index in [9.17, 15) is 9.59 Å². The lowest BCUT2D eigenvalue weighted by Gasteiger charge is -2.45. The number of aryl methyl sites for hydroxylation is 1. The Hall–Kier alpha value is -3.08. The molecule has 5 rings (SSSR count). The standard InChI is InChI=1S/C28H33N3O2/c1-20-11-7-8-13-22(20)18-31-26(32)25-17-21-12-9-10-16-24(21)30(25)19-28(31,2)27(33)29-23-14-5-3-4-6-15-23/h7-13,16-17,23H,3-6,14-15,18-19H2,1-2H3,(H,29,33)/t28-/m1/s1. The molecule has 2 aliphatic rings. The lowest BCUT2D eigenvalue weighted by atomic mass is 9.92. The zero-order chi connectivity index (χ0) is 23.0. The molecule has 1 fully saturated rings. The molecule has 5 nitrogen and oxygen atoms in total. The zero-order valence-corrected chi connectivity index (χ0v) is 19.6. The average molecular weight is 444 g/mol. The summed E-state index contributed by atoms with van der Waals surface area (Å²) in [6.45, 7) is 4.87. The van der Waals surface area contributed by atoms with Gasteiger partial charge in [-0.2, -0.15) is 0 Å². The fraction of sp³-hybridized carbons (Fsp3) is 0.429. The number of nitrogens with zero attached hydrogens (tertiary/aromatic N) is 2. The van der Waals surface area contributed by atoms with Crippen LogP contribution < -0.4 is 5.32 Å². The van der Waals surface area contributed by atoms with E-state index < -0.39 is 5.54 Å². The van der Waals surface area contributed by atoms with Crippen molar-refractivity contribution in [1.82, 2.24) is 14.8 Å². The van der Waals surface area contributed by atoms with Crippen LogP contribution in [0.3, 0.4) is 0 Å². The molecule has 2 amide bonds. The molecule has 5 heteroatoms. The van der Waals surface area contributed by atoms with Gasteiger partial charge in [-0.15, -0.1) is 0 Å². The van der Waals surface area contributed by atoms with Crippen molar-refractivity contribution in [3.63, 3.8) is 0 Å². The molecule has 0 bridgehead atoms. The van der Waals surface area contributed by atoms with E-state index in [2.05, 4.69) is 24.4 Å². The lowest BCUT2D eigenvalue weighted by Crippen LogP contribution is -2.64. The third-order valence-corrected chi connectivity index (χ3v) is 7.61. The Labute approximate surface area is 195 Å². The first kappa shape index (κ1) is 21.7. The van der Waals surface area contributed by atoms with Crippen LogP contribution in [0.25, 0.3) is 10.9 Å². The second kappa shape index (κ2) is 8.69. The predicted octanol–water partition coefficient (Wildman–Crippen LogP) is 5.20. The second-order valence-electron chi connectivity index (χ2n) is 9.93. The highest BCUT2D eigenvalue weighted by molar-refractivity contribution is 6.03. The summed E-state index contributed by atoms with van der Waals surface area (Å²) in [4.78, 5) is 29.6. The van der Waals surface area contributed by atoms with E-state index in [4.69, 9.17) is 0 Å². The predicted molar refractivity (Wildman–Crippen MR) is 131 cm³/mol. The molecule has 1 saturated carbocycles. The molecule has 1 aliphatic heterocycles. The summed E-state index contributed by atoms with van der Waals surface area (Å²) in [5.41, 5.74) is 2.89. The number of rotatable bonds is 4. The third kappa shape index (κ3) is 3.94. The molecule has 0 radical (unpaired) electrons. The fourth-order valence-electron chi connectivity index (χ4n) is 5.48. The van der Waals surface area contributed by atoms with Crippen LogP contribution in [-0.2, 0) is 17.9 Å². The zero-order valence-electron chi connectivity index (χ0n) is 19.6. The van der Waals surface area contributed by atoms with Crippen LogP contribution in [0.4, 0.5) is 0 Å². The van der Waals surface area contributed by atoms with Crippen LogP contribution >= 0.6 is 0 Å². The summed E-state index contributed by atoms with van der Waals surface area (Å²) in [7, 11) is 0. The maximum absolute atomic E-state index is 13.9. The summed E-state index contributed by atoms with van der Waals surface area (Å²) >= 11 is 0. The first-order chi connectivity index (χ1) is 16.0. The van der Waals surface area contributed by atoms with Crippen molar-refractivity contribution in [3.05, 3.63) is 71.4 Å². The highest BCUT2D eigenvalue weighted by atomic mass is 16.2. The number of nitrogens with one attached hydrogen (secondary N) is 1. The summed E-state index contributed by atoms with van der Waals surface area (Å²) in [6.07, 6.45) is 6.82. The van der Waals surface area contributed by atoms with Gasteiger partial charge in [0.25, 0.3) is 5.91 Å². The topological polar surface area (TPSA) is 54.3 Å². The molecule has 0 unspecified atom stereocenters. The SMILES string of the molecule is Cc1ccccc1CN1C(=O)c2cc3ccccc3n2C[C@]1(C)C(=O)NC1CCCCCC1. The minimum atomic E-state index is -0.972. The van der Waals surface area contributed by atoms with Crippen molar-refractivity contribution in [2.75, 3.05) is 0 Å². The van der Waals surface area contributed by atoms with Gasteiger partial charge in [0.15, 0.2) is 0 Å². The highest BCUT2D eigenvalue weighted by Crippen LogP contribution is 2.34. The van der Waals surface area contributed by atoms with Crippen LogP contribution in [0.15, 0.2) is 54.6 Å². The molecule has 1 N–H and O–H groups in total. The van der Waals surface area contributed by atoms with Gasteiger partial charge in [0, 0.05) is 23.5 Å². The van der Waals surface area contributed by atoms with E-state index in [-0.39, 0.29) is 17.9 Å². The summed E-state index contributed by atoms with van der Waals surface area (Å²) in [5, 5.41) is 4.38. The minimum absolute atomic E-state index is 0.0419. The minimum Gasteiger partial charge on any atom is -0.351 e. The maximum Gasteiger partial charge on any atom is 0.271 e. The molecule has 1 atom stereocenters. The van der Waals surface area contributed by atoms with E-state index >= 15 is 0 Å². The third-order valence-electron chi connectivity index (χ3n) is 7.61. The number of hydrogen-bond acceptors (Lipinski definition) is 2. The molecule has 0 spiro atoms. The van der Waals surface area contributed by atoms with Gasteiger partial charge >= 0.3 is 0 Å². The quantitative estimate of drug-likeness (QED) is 0.563. The fourth-order valence-corrected chi connectivity index (χ4v) is 5.48. The van der Waals surface area contributed by atoms with Gasteiger partial charge in [-0.05, 0) is 49.9 Å². The Morgan fingerprint density at radius 3 is 2.48 bits per heavy atom. The van der Waals surface area contributed by atoms with Gasteiger partial charge in [-0.3, -0.25) is 9.59 Å². The Morgan fingerprint density at radius 2 is 1.73 bits per heavy atom. The van der Waals surface area contributed by atoms with E-state index in [1.807, 2.05) is 54.0 Å². The van der Waals surface area contributed by atoms with Crippen molar-refractivity contribution >= 4 is 22.7 Å². The largest absolute Gasteiger partial charge is 0.351 e. The molecule has 172 valence electrons. The Balaban J connectivity index is 1.55. The van der Waals surface area contributed by atoms with Gasteiger partial charge in [-0.1, -0.05) is 68.1 Å². The number of carbonyl (C=O) groups excluding carboxylic acids is 2. The Kier molecular flexibility index (Phi) is 5.73. The van der Waals surface area contributed by atoms with Crippen LogP contribution in [0.5, 0.6) is 0 Å². The number of carbonyl (C=O) groups is 2. The van der Waals surface area contributed by atoms with Gasteiger partial charge in [-0.25, -0.2) is 0 Å². The lowest BCUT2D eigenvalue weighted by molar-refractivity contribution is -0.134. The van der Waals surface area contributed by atoms with Crippen molar-refractivity contribution in [2.45, 2.75) is 77.0 Å². The van der Waals surface area contributed by atoms with Crippen molar-refractivity contribution in [3.8, 4) is 0 Å². The summed E-state index contributed by atoms with van der Waals surface area (Å²) in [6, 6.07) is 18.3. The molecule has 33 heavy (non-hydrogen) atoms. The first-order valence-electron chi connectivity index (χ1n) is 12.2. The maximum atomic E-state index is 13.9. The monoisotopic (exact) mass is 443 g/mol. The van der Waals surface area contributed by atoms with Crippen LogP contribution in [0.1, 0.15) is 67.1 Å². The highest BCUT2D eigenvalue weighted by Gasteiger charge is 2.48. The molecular weight excluding hydrogens is 410 g/mol. The normalized spacial score (nSPS) is 21.6. The van der Waals surface area contributed by atoms with E-state index in [0.29, 0.717) is 18.8 Å². The summed E-state index contributed by atoms with van der Waals surface area (Å²) in [5.74, 6) is -0.126. The van der Waals surface area contributed by atoms with Gasteiger partial charge < -0.3 is 14.8 Å². The van der Waals surface area contributed by atoms with Crippen molar-refractivity contribution < 1.29 is 9.59 Å². The number of aromatic nitrogens is 1. The molecule has 2 aromatic carbocycles.